The molecule has 3 aromatic rings. The Bertz CT molecular complexity index is 1110. The average molecular weight is 425 g/mol. The molecule has 162 valence electrons. The number of benzene rings is 1. The summed E-state index contributed by atoms with van der Waals surface area (Å²) in [5, 5.41) is 13.0. The molecule has 0 unspecified atom stereocenters. The molecule has 2 aromatic heterocycles. The van der Waals surface area contributed by atoms with Crippen LogP contribution < -0.4 is 16.0 Å². The number of nitrogens with zero attached hydrogens (tertiary/aromatic N) is 4. The summed E-state index contributed by atoms with van der Waals surface area (Å²) in [6, 6.07) is 6.05. The van der Waals surface area contributed by atoms with Crippen molar-refractivity contribution in [3.63, 3.8) is 0 Å². The van der Waals surface area contributed by atoms with Gasteiger partial charge in [0.15, 0.2) is 0 Å². The normalized spacial score (nSPS) is 14.5. The first kappa shape index (κ1) is 20.9. The van der Waals surface area contributed by atoms with Crippen LogP contribution in [-0.2, 0) is 6.54 Å². The molecule has 31 heavy (non-hydrogen) atoms. The summed E-state index contributed by atoms with van der Waals surface area (Å²) in [7, 11) is 0. The Balaban J connectivity index is 1.48. The number of carbonyl (C=O) groups excluding carboxylic acids is 2. The molecule has 0 spiro atoms. The standard InChI is InChI=1S/C21H24FN7O2/c1-13-8-15(2-3-16(13)22)11-24-19(30)17-9-18(29-21(28-17)26-12-27-29)20(31)25-10-14-4-6-23-7-5-14/h2-3,8-9,12,14,23H,4-7,10-11H2,1H3,(H,24,30)(H,25,31). The average Bonchev–Trinajstić information content (AvgIpc) is 3.27. The van der Waals surface area contributed by atoms with Crippen molar-refractivity contribution in [1.29, 1.82) is 0 Å². The number of halogens is 1. The van der Waals surface area contributed by atoms with Crippen LogP contribution in [0, 0.1) is 18.7 Å². The van der Waals surface area contributed by atoms with Crippen LogP contribution in [0.2, 0.25) is 0 Å². The van der Waals surface area contributed by atoms with E-state index in [1.165, 1.54) is 23.0 Å². The van der Waals surface area contributed by atoms with Crippen molar-refractivity contribution in [1.82, 2.24) is 35.5 Å². The molecule has 1 aliphatic rings. The van der Waals surface area contributed by atoms with E-state index in [0.29, 0.717) is 18.0 Å². The summed E-state index contributed by atoms with van der Waals surface area (Å²) in [5.41, 5.74) is 1.52. The minimum atomic E-state index is -0.458. The van der Waals surface area contributed by atoms with E-state index in [-0.39, 0.29) is 35.4 Å². The van der Waals surface area contributed by atoms with Gasteiger partial charge in [-0.25, -0.2) is 9.37 Å². The lowest BCUT2D eigenvalue weighted by Crippen LogP contribution is -2.36. The zero-order valence-corrected chi connectivity index (χ0v) is 17.2. The lowest BCUT2D eigenvalue weighted by atomic mass is 9.98. The number of piperidine rings is 1. The van der Waals surface area contributed by atoms with Crippen LogP contribution in [0.3, 0.4) is 0 Å². The highest BCUT2D eigenvalue weighted by Crippen LogP contribution is 2.12. The van der Waals surface area contributed by atoms with E-state index in [9.17, 15) is 14.0 Å². The number of hydrogen-bond donors (Lipinski definition) is 3. The Morgan fingerprint density at radius 1 is 1.19 bits per heavy atom. The number of nitrogens with one attached hydrogen (secondary N) is 3. The number of carbonyl (C=O) groups is 2. The molecule has 3 heterocycles. The van der Waals surface area contributed by atoms with Crippen LogP contribution in [0.15, 0.2) is 30.6 Å². The van der Waals surface area contributed by atoms with Crippen LogP contribution in [0.4, 0.5) is 4.39 Å². The van der Waals surface area contributed by atoms with Crippen molar-refractivity contribution >= 4 is 17.6 Å². The number of fused-ring (bicyclic) bond motifs is 1. The number of amides is 2. The second kappa shape index (κ2) is 9.17. The molecule has 1 aromatic carbocycles. The molecular weight excluding hydrogens is 401 g/mol. The fraction of sp³-hybridized carbons (Fsp3) is 0.381. The third-order valence-electron chi connectivity index (χ3n) is 5.40. The molecular formula is C21H24FN7O2. The van der Waals surface area contributed by atoms with Crippen molar-refractivity contribution in [2.75, 3.05) is 19.6 Å². The summed E-state index contributed by atoms with van der Waals surface area (Å²) in [6.07, 6.45) is 3.30. The number of aryl methyl sites for hydroxylation is 1. The van der Waals surface area contributed by atoms with E-state index in [1.54, 1.807) is 19.1 Å². The SMILES string of the molecule is Cc1cc(CNC(=O)c2cc(C(=O)NCC3CCNCC3)n3ncnc3n2)ccc1F. The predicted octanol–water partition coefficient (Wildman–Crippen LogP) is 1.23. The van der Waals surface area contributed by atoms with E-state index in [0.717, 1.165) is 31.5 Å². The summed E-state index contributed by atoms with van der Waals surface area (Å²) in [6.45, 7) is 4.32. The Labute approximate surface area is 178 Å². The lowest BCUT2D eigenvalue weighted by Gasteiger charge is -2.22. The van der Waals surface area contributed by atoms with Crippen molar-refractivity contribution < 1.29 is 14.0 Å². The van der Waals surface area contributed by atoms with Gasteiger partial charge in [-0.05, 0) is 56.0 Å². The highest BCUT2D eigenvalue weighted by Gasteiger charge is 2.20. The smallest absolute Gasteiger partial charge is 0.270 e. The van der Waals surface area contributed by atoms with Crippen LogP contribution in [-0.4, -0.2) is 51.0 Å². The molecule has 10 heteroatoms. The van der Waals surface area contributed by atoms with Crippen molar-refractivity contribution in [3.05, 3.63) is 58.9 Å². The molecule has 1 aliphatic heterocycles. The molecule has 0 bridgehead atoms. The van der Waals surface area contributed by atoms with E-state index < -0.39 is 5.91 Å². The number of hydrogen-bond acceptors (Lipinski definition) is 6. The van der Waals surface area contributed by atoms with Crippen LogP contribution in [0.1, 0.15) is 44.9 Å². The van der Waals surface area contributed by atoms with Gasteiger partial charge in [-0.1, -0.05) is 12.1 Å². The van der Waals surface area contributed by atoms with Crippen molar-refractivity contribution in [3.8, 4) is 0 Å². The molecule has 0 radical (unpaired) electrons. The van der Waals surface area contributed by atoms with E-state index in [2.05, 4.69) is 31.0 Å². The van der Waals surface area contributed by atoms with Crippen molar-refractivity contribution in [2.45, 2.75) is 26.3 Å². The fourth-order valence-electron chi connectivity index (χ4n) is 3.59. The van der Waals surface area contributed by atoms with E-state index in [4.69, 9.17) is 0 Å². The van der Waals surface area contributed by atoms with Gasteiger partial charge in [0.2, 0.25) is 0 Å². The predicted molar refractivity (Wildman–Crippen MR) is 111 cm³/mol. The van der Waals surface area contributed by atoms with Crippen LogP contribution in [0.5, 0.6) is 0 Å². The van der Waals surface area contributed by atoms with Crippen LogP contribution >= 0.6 is 0 Å². The highest BCUT2D eigenvalue weighted by molar-refractivity contribution is 5.98. The Hall–Kier alpha value is -3.40. The topological polar surface area (TPSA) is 113 Å². The number of aromatic nitrogens is 4. The molecule has 0 atom stereocenters. The molecule has 0 saturated carbocycles. The summed E-state index contributed by atoms with van der Waals surface area (Å²) >= 11 is 0. The van der Waals surface area contributed by atoms with Gasteiger partial charge in [0.05, 0.1) is 0 Å². The van der Waals surface area contributed by atoms with Gasteiger partial charge in [-0.2, -0.15) is 14.6 Å². The van der Waals surface area contributed by atoms with Gasteiger partial charge in [0.1, 0.15) is 23.5 Å². The summed E-state index contributed by atoms with van der Waals surface area (Å²) < 4.78 is 14.7. The highest BCUT2D eigenvalue weighted by atomic mass is 19.1. The maximum atomic E-state index is 13.4. The first-order chi connectivity index (χ1) is 15.0. The van der Waals surface area contributed by atoms with Gasteiger partial charge in [-0.3, -0.25) is 9.59 Å². The summed E-state index contributed by atoms with van der Waals surface area (Å²) in [4.78, 5) is 33.7. The Morgan fingerprint density at radius 3 is 2.77 bits per heavy atom. The third-order valence-corrected chi connectivity index (χ3v) is 5.40. The summed E-state index contributed by atoms with van der Waals surface area (Å²) in [5.74, 6) is -0.508. The monoisotopic (exact) mass is 425 g/mol. The third kappa shape index (κ3) is 4.85. The Kier molecular flexibility index (Phi) is 6.17. The van der Waals surface area contributed by atoms with Crippen molar-refractivity contribution in [2.24, 2.45) is 5.92 Å². The number of rotatable bonds is 6. The zero-order valence-electron chi connectivity index (χ0n) is 17.2. The molecule has 4 rings (SSSR count). The minimum Gasteiger partial charge on any atom is -0.350 e. The second-order valence-electron chi connectivity index (χ2n) is 7.67. The van der Waals surface area contributed by atoms with Gasteiger partial charge in [0.25, 0.3) is 17.6 Å². The lowest BCUT2D eigenvalue weighted by molar-refractivity contribution is 0.0936. The molecule has 1 saturated heterocycles. The molecule has 3 N–H and O–H groups in total. The van der Waals surface area contributed by atoms with Gasteiger partial charge < -0.3 is 16.0 Å². The molecule has 1 fully saturated rings. The minimum absolute atomic E-state index is 0.0614. The van der Waals surface area contributed by atoms with E-state index in [1.807, 2.05) is 0 Å². The zero-order chi connectivity index (χ0) is 21.8. The maximum absolute atomic E-state index is 13.4. The fourth-order valence-corrected chi connectivity index (χ4v) is 3.59. The molecule has 9 nitrogen and oxygen atoms in total. The van der Waals surface area contributed by atoms with Gasteiger partial charge in [0, 0.05) is 19.2 Å². The van der Waals surface area contributed by atoms with Gasteiger partial charge in [-0.15, -0.1) is 0 Å². The van der Waals surface area contributed by atoms with E-state index >= 15 is 0 Å². The Morgan fingerprint density at radius 2 is 2.00 bits per heavy atom. The quantitative estimate of drug-likeness (QED) is 0.548. The van der Waals surface area contributed by atoms with Crippen LogP contribution in [0.25, 0.3) is 5.78 Å². The first-order valence-corrected chi connectivity index (χ1v) is 10.2. The second-order valence-corrected chi connectivity index (χ2v) is 7.67. The maximum Gasteiger partial charge on any atom is 0.270 e. The molecule has 0 aliphatic carbocycles. The molecule has 2 amide bonds. The first-order valence-electron chi connectivity index (χ1n) is 10.2. The largest absolute Gasteiger partial charge is 0.350 e. The van der Waals surface area contributed by atoms with Gasteiger partial charge >= 0.3 is 0 Å².